The van der Waals surface area contributed by atoms with Crippen molar-refractivity contribution < 1.29 is 9.53 Å². The highest BCUT2D eigenvalue weighted by Gasteiger charge is 2.15. The minimum Gasteiger partial charge on any atom is -0.444 e. The van der Waals surface area contributed by atoms with E-state index in [-0.39, 0.29) is 6.09 Å². The SMILES string of the molecule is C=C(C)CCNC(=O)OC(C)(C)C. The number of rotatable bonds is 3. The van der Waals surface area contributed by atoms with Crippen LogP contribution in [0.5, 0.6) is 0 Å². The smallest absolute Gasteiger partial charge is 0.407 e. The standard InChI is InChI=1S/C10H19NO2/c1-8(2)6-7-11-9(12)13-10(3,4)5/h1,6-7H2,2-5H3,(H,11,12). The highest BCUT2D eigenvalue weighted by molar-refractivity contribution is 5.67. The van der Waals surface area contributed by atoms with E-state index < -0.39 is 5.60 Å². The lowest BCUT2D eigenvalue weighted by molar-refractivity contribution is 0.0528. The number of carbonyl (C=O) groups is 1. The van der Waals surface area contributed by atoms with Gasteiger partial charge in [-0.15, -0.1) is 6.58 Å². The van der Waals surface area contributed by atoms with Gasteiger partial charge in [-0.2, -0.15) is 0 Å². The Morgan fingerprint density at radius 2 is 2.00 bits per heavy atom. The summed E-state index contributed by atoms with van der Waals surface area (Å²) in [6.45, 7) is 11.8. The fraction of sp³-hybridized carbons (Fsp3) is 0.700. The van der Waals surface area contributed by atoms with Crippen molar-refractivity contribution in [2.24, 2.45) is 0 Å². The number of amides is 1. The quantitative estimate of drug-likeness (QED) is 0.686. The number of hydrogen-bond donors (Lipinski definition) is 1. The number of hydrogen-bond acceptors (Lipinski definition) is 2. The van der Waals surface area contributed by atoms with E-state index in [1.165, 1.54) is 0 Å². The van der Waals surface area contributed by atoms with E-state index in [0.29, 0.717) is 6.54 Å². The molecule has 0 bridgehead atoms. The Kier molecular flexibility index (Phi) is 4.52. The van der Waals surface area contributed by atoms with Crippen LogP contribution in [0.4, 0.5) is 4.79 Å². The Labute approximate surface area is 80.2 Å². The minimum atomic E-state index is -0.423. The van der Waals surface area contributed by atoms with Crippen molar-refractivity contribution in [3.63, 3.8) is 0 Å². The van der Waals surface area contributed by atoms with Crippen molar-refractivity contribution in [2.45, 2.75) is 39.7 Å². The molecule has 0 aromatic heterocycles. The molecule has 1 N–H and O–H groups in total. The van der Waals surface area contributed by atoms with Crippen LogP contribution in [-0.4, -0.2) is 18.2 Å². The molecule has 76 valence electrons. The predicted octanol–water partition coefficient (Wildman–Crippen LogP) is 2.48. The number of carbonyl (C=O) groups excluding carboxylic acids is 1. The van der Waals surface area contributed by atoms with Crippen LogP contribution in [0.1, 0.15) is 34.1 Å². The minimum absolute atomic E-state index is 0.367. The maximum Gasteiger partial charge on any atom is 0.407 e. The third-order valence-electron chi connectivity index (χ3n) is 1.22. The second-order valence-corrected chi connectivity index (χ2v) is 4.14. The molecule has 0 aliphatic rings. The molecule has 0 atom stereocenters. The van der Waals surface area contributed by atoms with E-state index in [2.05, 4.69) is 11.9 Å². The van der Waals surface area contributed by atoms with E-state index in [1.54, 1.807) is 0 Å². The third-order valence-corrected chi connectivity index (χ3v) is 1.22. The first kappa shape index (κ1) is 12.0. The van der Waals surface area contributed by atoms with Gasteiger partial charge in [0.2, 0.25) is 0 Å². The molecular weight excluding hydrogens is 166 g/mol. The molecule has 0 fully saturated rings. The Balaban J connectivity index is 3.59. The maximum atomic E-state index is 11.1. The molecule has 3 heteroatoms. The summed E-state index contributed by atoms with van der Waals surface area (Å²) in [4.78, 5) is 11.1. The summed E-state index contributed by atoms with van der Waals surface area (Å²) in [5, 5.41) is 2.65. The molecule has 0 heterocycles. The lowest BCUT2D eigenvalue weighted by Gasteiger charge is -2.19. The highest BCUT2D eigenvalue weighted by atomic mass is 16.6. The fourth-order valence-electron chi connectivity index (χ4n) is 0.692. The van der Waals surface area contributed by atoms with Crippen LogP contribution in [-0.2, 0) is 4.74 Å². The summed E-state index contributed by atoms with van der Waals surface area (Å²) < 4.78 is 5.04. The molecule has 0 aliphatic carbocycles. The average molecular weight is 185 g/mol. The van der Waals surface area contributed by atoms with Crippen molar-refractivity contribution >= 4 is 6.09 Å². The fourth-order valence-corrected chi connectivity index (χ4v) is 0.692. The van der Waals surface area contributed by atoms with Crippen LogP contribution in [0, 0.1) is 0 Å². The van der Waals surface area contributed by atoms with Crippen molar-refractivity contribution in [3.8, 4) is 0 Å². The van der Waals surface area contributed by atoms with E-state index in [9.17, 15) is 4.79 Å². The molecule has 0 aliphatic heterocycles. The summed E-state index contributed by atoms with van der Waals surface area (Å²) >= 11 is 0. The summed E-state index contributed by atoms with van der Waals surface area (Å²) in [5.41, 5.74) is 0.629. The van der Waals surface area contributed by atoms with E-state index in [1.807, 2.05) is 27.7 Å². The topological polar surface area (TPSA) is 38.3 Å². The monoisotopic (exact) mass is 185 g/mol. The zero-order valence-corrected chi connectivity index (χ0v) is 8.94. The van der Waals surface area contributed by atoms with E-state index in [4.69, 9.17) is 4.74 Å². The summed E-state index contributed by atoms with van der Waals surface area (Å²) in [6.07, 6.45) is 0.424. The van der Waals surface area contributed by atoms with E-state index in [0.717, 1.165) is 12.0 Å². The van der Waals surface area contributed by atoms with Gasteiger partial charge in [0, 0.05) is 6.54 Å². The lowest BCUT2D eigenvalue weighted by Crippen LogP contribution is -2.33. The first-order chi connectivity index (χ1) is 5.81. The molecule has 0 radical (unpaired) electrons. The van der Waals surface area contributed by atoms with Crippen LogP contribution < -0.4 is 5.32 Å². The Morgan fingerprint density at radius 3 is 2.38 bits per heavy atom. The van der Waals surface area contributed by atoms with Crippen molar-refractivity contribution in [1.82, 2.24) is 5.32 Å². The summed E-state index contributed by atoms with van der Waals surface area (Å²) in [5.74, 6) is 0. The van der Waals surface area contributed by atoms with Gasteiger partial charge in [-0.25, -0.2) is 4.79 Å². The van der Waals surface area contributed by atoms with Crippen LogP contribution in [0.2, 0.25) is 0 Å². The van der Waals surface area contributed by atoms with Crippen molar-refractivity contribution in [1.29, 1.82) is 0 Å². The summed E-state index contributed by atoms with van der Waals surface area (Å²) in [6, 6.07) is 0. The van der Waals surface area contributed by atoms with Crippen LogP contribution in [0.25, 0.3) is 0 Å². The molecule has 0 unspecified atom stereocenters. The zero-order valence-electron chi connectivity index (χ0n) is 8.94. The molecule has 0 aromatic rings. The Morgan fingerprint density at radius 1 is 1.46 bits per heavy atom. The molecule has 3 nitrogen and oxygen atoms in total. The van der Waals surface area contributed by atoms with Gasteiger partial charge in [0.25, 0.3) is 0 Å². The predicted molar refractivity (Wildman–Crippen MR) is 53.7 cm³/mol. The lowest BCUT2D eigenvalue weighted by atomic mass is 10.2. The number of ether oxygens (including phenoxy) is 1. The highest BCUT2D eigenvalue weighted by Crippen LogP contribution is 2.06. The first-order valence-corrected chi connectivity index (χ1v) is 4.42. The average Bonchev–Trinajstić information content (AvgIpc) is 1.81. The van der Waals surface area contributed by atoms with Crippen LogP contribution >= 0.6 is 0 Å². The van der Waals surface area contributed by atoms with Gasteiger partial charge in [-0.1, -0.05) is 5.57 Å². The van der Waals surface area contributed by atoms with Gasteiger partial charge in [-0.3, -0.25) is 0 Å². The summed E-state index contributed by atoms with van der Waals surface area (Å²) in [7, 11) is 0. The van der Waals surface area contributed by atoms with Crippen LogP contribution in [0.3, 0.4) is 0 Å². The third kappa shape index (κ3) is 8.92. The Hall–Kier alpha value is -0.990. The van der Waals surface area contributed by atoms with Gasteiger partial charge >= 0.3 is 6.09 Å². The molecular formula is C10H19NO2. The second-order valence-electron chi connectivity index (χ2n) is 4.14. The Bertz CT molecular complexity index is 192. The zero-order chi connectivity index (χ0) is 10.5. The number of alkyl carbamates (subject to hydrolysis) is 1. The number of nitrogens with one attached hydrogen (secondary N) is 1. The maximum absolute atomic E-state index is 11.1. The van der Waals surface area contributed by atoms with Crippen LogP contribution in [0.15, 0.2) is 12.2 Å². The largest absolute Gasteiger partial charge is 0.444 e. The molecule has 1 amide bonds. The first-order valence-electron chi connectivity index (χ1n) is 4.42. The van der Waals surface area contributed by atoms with Gasteiger partial charge < -0.3 is 10.1 Å². The second kappa shape index (κ2) is 4.90. The van der Waals surface area contributed by atoms with Crippen molar-refractivity contribution in [3.05, 3.63) is 12.2 Å². The normalized spacial score (nSPS) is 10.8. The van der Waals surface area contributed by atoms with Gasteiger partial charge in [0.15, 0.2) is 0 Å². The molecule has 0 aromatic carbocycles. The molecule has 0 saturated heterocycles. The molecule has 0 saturated carbocycles. The molecule has 13 heavy (non-hydrogen) atoms. The van der Waals surface area contributed by atoms with E-state index >= 15 is 0 Å². The van der Waals surface area contributed by atoms with Crippen molar-refractivity contribution in [2.75, 3.05) is 6.54 Å². The van der Waals surface area contributed by atoms with Gasteiger partial charge in [0.1, 0.15) is 5.60 Å². The molecule has 0 rings (SSSR count). The van der Waals surface area contributed by atoms with Gasteiger partial charge in [-0.05, 0) is 34.1 Å². The molecule has 0 spiro atoms. The van der Waals surface area contributed by atoms with Gasteiger partial charge in [0.05, 0.1) is 0 Å².